The normalized spacial score (nSPS) is 17.9. The highest BCUT2D eigenvalue weighted by atomic mass is 16.1. The van der Waals surface area contributed by atoms with Gasteiger partial charge in [0.1, 0.15) is 0 Å². The summed E-state index contributed by atoms with van der Waals surface area (Å²) in [5.41, 5.74) is 5.06. The summed E-state index contributed by atoms with van der Waals surface area (Å²) in [5.74, 6) is 1.02. The molecule has 1 amide bonds. The molecule has 5 rings (SSSR count). The van der Waals surface area contributed by atoms with E-state index in [2.05, 4.69) is 50.7 Å². The molecule has 1 N–H and O–H groups in total. The van der Waals surface area contributed by atoms with E-state index in [1.54, 1.807) is 4.68 Å². The molecule has 8 nitrogen and oxygen atoms in total. The Morgan fingerprint density at radius 3 is 2.34 bits per heavy atom. The van der Waals surface area contributed by atoms with Gasteiger partial charge in [0, 0.05) is 66.6 Å². The average Bonchev–Trinajstić information content (AvgIpc) is 3.57. The molecule has 1 aliphatic rings. The van der Waals surface area contributed by atoms with Gasteiger partial charge in [0.25, 0.3) is 0 Å². The Morgan fingerprint density at radius 2 is 1.63 bits per heavy atom. The van der Waals surface area contributed by atoms with E-state index in [0.29, 0.717) is 11.9 Å². The van der Waals surface area contributed by atoms with Crippen LogP contribution in [-0.4, -0.2) is 42.0 Å². The van der Waals surface area contributed by atoms with Gasteiger partial charge in [0.2, 0.25) is 5.91 Å². The number of hydrogen-bond donors (Lipinski definition) is 1. The van der Waals surface area contributed by atoms with Gasteiger partial charge in [-0.05, 0) is 43.7 Å². The molecule has 1 saturated carbocycles. The molecule has 0 unspecified atom stereocenters. The number of amides is 1. The highest BCUT2D eigenvalue weighted by Crippen LogP contribution is 2.33. The Bertz CT molecular complexity index is 1280. The lowest BCUT2D eigenvalue weighted by molar-refractivity contribution is -0.126. The maximum Gasteiger partial charge on any atom is 0.223 e. The molecule has 8 heteroatoms. The van der Waals surface area contributed by atoms with E-state index in [1.807, 2.05) is 54.8 Å². The molecule has 0 saturated heterocycles. The Morgan fingerprint density at radius 1 is 0.914 bits per heavy atom. The summed E-state index contributed by atoms with van der Waals surface area (Å²) < 4.78 is 3.84. The Kier molecular flexibility index (Phi) is 6.70. The summed E-state index contributed by atoms with van der Waals surface area (Å²) in [5, 5.41) is 11.9. The van der Waals surface area contributed by atoms with Crippen LogP contribution in [0.4, 0.5) is 0 Å². The van der Waals surface area contributed by atoms with Gasteiger partial charge in [-0.2, -0.15) is 10.2 Å². The van der Waals surface area contributed by atoms with Crippen LogP contribution in [0.1, 0.15) is 45.1 Å². The van der Waals surface area contributed by atoms with Crippen molar-refractivity contribution in [2.75, 3.05) is 6.54 Å². The maximum absolute atomic E-state index is 12.3. The minimum atomic E-state index is 0.130. The van der Waals surface area contributed by atoms with Crippen molar-refractivity contribution in [1.82, 2.24) is 34.8 Å². The van der Waals surface area contributed by atoms with Crippen LogP contribution in [0, 0.1) is 5.92 Å². The second-order valence-corrected chi connectivity index (χ2v) is 9.28. The van der Waals surface area contributed by atoms with Crippen LogP contribution < -0.4 is 5.32 Å². The molecule has 1 aliphatic carbocycles. The second kappa shape index (κ2) is 10.2. The number of benzene rings is 1. The van der Waals surface area contributed by atoms with Crippen LogP contribution in [0.5, 0.6) is 0 Å². The van der Waals surface area contributed by atoms with Gasteiger partial charge in [0.15, 0.2) is 5.82 Å². The zero-order chi connectivity index (χ0) is 24.2. The topological polar surface area (TPSA) is 90.5 Å². The quantitative estimate of drug-likeness (QED) is 0.425. The van der Waals surface area contributed by atoms with E-state index in [1.165, 1.54) is 0 Å². The highest BCUT2D eigenvalue weighted by Gasteiger charge is 2.27. The predicted octanol–water partition coefficient (Wildman–Crippen LogP) is 4.67. The van der Waals surface area contributed by atoms with Crippen LogP contribution in [-0.2, 0) is 11.8 Å². The third kappa shape index (κ3) is 5.16. The smallest absolute Gasteiger partial charge is 0.223 e. The summed E-state index contributed by atoms with van der Waals surface area (Å²) >= 11 is 0. The number of nitrogens with one attached hydrogen (secondary N) is 1. The second-order valence-electron chi connectivity index (χ2n) is 9.28. The first-order valence-corrected chi connectivity index (χ1v) is 12.3. The van der Waals surface area contributed by atoms with Gasteiger partial charge in [-0.1, -0.05) is 25.1 Å². The number of aryl methyl sites for hydroxylation is 1. The third-order valence-corrected chi connectivity index (χ3v) is 6.74. The fourth-order valence-electron chi connectivity index (χ4n) is 4.72. The van der Waals surface area contributed by atoms with E-state index in [9.17, 15) is 4.79 Å². The lowest BCUT2D eigenvalue weighted by Gasteiger charge is -2.28. The molecule has 3 aromatic heterocycles. The minimum Gasteiger partial charge on any atom is -0.356 e. The number of rotatable bonds is 7. The highest BCUT2D eigenvalue weighted by molar-refractivity contribution is 5.78. The van der Waals surface area contributed by atoms with E-state index in [-0.39, 0.29) is 11.8 Å². The first-order chi connectivity index (χ1) is 17.1. The fraction of sp³-hybridized carbons (Fsp3) is 0.370. The number of aromatic nitrogens is 6. The number of nitrogens with zero attached hydrogens (tertiary/aromatic N) is 6. The summed E-state index contributed by atoms with van der Waals surface area (Å²) in [7, 11) is 1.91. The number of carbonyl (C=O) groups is 1. The fourth-order valence-corrected chi connectivity index (χ4v) is 4.72. The van der Waals surface area contributed by atoms with Crippen molar-refractivity contribution in [2.45, 2.75) is 45.1 Å². The molecule has 0 radical (unpaired) electrons. The molecule has 0 aliphatic heterocycles. The zero-order valence-corrected chi connectivity index (χ0v) is 20.3. The van der Waals surface area contributed by atoms with Gasteiger partial charge in [-0.15, -0.1) is 0 Å². The summed E-state index contributed by atoms with van der Waals surface area (Å²) in [6.45, 7) is 2.84. The van der Waals surface area contributed by atoms with Crippen LogP contribution >= 0.6 is 0 Å². The largest absolute Gasteiger partial charge is 0.356 e. The van der Waals surface area contributed by atoms with Crippen molar-refractivity contribution < 1.29 is 4.79 Å². The van der Waals surface area contributed by atoms with Crippen molar-refractivity contribution in [3.8, 4) is 33.6 Å². The maximum atomic E-state index is 12.3. The van der Waals surface area contributed by atoms with Gasteiger partial charge in [-0.25, -0.2) is 9.97 Å². The van der Waals surface area contributed by atoms with Gasteiger partial charge in [-0.3, -0.25) is 14.2 Å². The molecular formula is C27H31N7O. The molecular weight excluding hydrogens is 438 g/mol. The molecule has 0 bridgehead atoms. The Labute approximate surface area is 205 Å². The summed E-state index contributed by atoms with van der Waals surface area (Å²) in [6.07, 6.45) is 16.2. The van der Waals surface area contributed by atoms with E-state index in [0.717, 1.165) is 66.5 Å². The summed E-state index contributed by atoms with van der Waals surface area (Å²) in [6, 6.07) is 8.51. The molecule has 4 aromatic rings. The van der Waals surface area contributed by atoms with Crippen molar-refractivity contribution in [2.24, 2.45) is 13.0 Å². The van der Waals surface area contributed by atoms with Crippen LogP contribution in [0.3, 0.4) is 0 Å². The van der Waals surface area contributed by atoms with Gasteiger partial charge < -0.3 is 5.32 Å². The van der Waals surface area contributed by atoms with Crippen LogP contribution in [0.15, 0.2) is 61.4 Å². The van der Waals surface area contributed by atoms with Crippen molar-refractivity contribution >= 4 is 5.91 Å². The zero-order valence-electron chi connectivity index (χ0n) is 20.3. The molecule has 0 atom stereocenters. The number of carbonyl (C=O) groups excluding carboxylic acids is 1. The predicted molar refractivity (Wildman–Crippen MR) is 135 cm³/mol. The van der Waals surface area contributed by atoms with Crippen molar-refractivity contribution in [3.63, 3.8) is 0 Å². The third-order valence-electron chi connectivity index (χ3n) is 6.74. The Hall–Kier alpha value is -3.81. The lowest BCUT2D eigenvalue weighted by Crippen LogP contribution is -2.34. The SMILES string of the molecule is CCCNC(=O)C1CCC(n2cc(-c3cnc(-c4cccc(-c5cnn(C)c5)c4)nc3)cn2)CC1. The lowest BCUT2D eigenvalue weighted by atomic mass is 9.85. The Balaban J connectivity index is 1.24. The molecule has 180 valence electrons. The standard InChI is InChI=1S/C27H31N7O/c1-3-11-28-27(35)19-7-9-25(10-8-19)34-18-24(16-32-34)22-13-29-26(30-14-22)21-6-4-5-20(12-21)23-15-31-33(2)17-23/h4-6,12-19,25H,3,7-11H2,1-2H3,(H,28,35). The van der Waals surface area contributed by atoms with Crippen molar-refractivity contribution in [1.29, 1.82) is 0 Å². The molecule has 3 heterocycles. The average molecular weight is 470 g/mol. The molecule has 1 aromatic carbocycles. The van der Waals surface area contributed by atoms with Gasteiger partial charge >= 0.3 is 0 Å². The monoisotopic (exact) mass is 469 g/mol. The van der Waals surface area contributed by atoms with Crippen LogP contribution in [0.25, 0.3) is 33.6 Å². The van der Waals surface area contributed by atoms with Crippen molar-refractivity contribution in [3.05, 3.63) is 61.4 Å². The first-order valence-electron chi connectivity index (χ1n) is 12.3. The van der Waals surface area contributed by atoms with Gasteiger partial charge in [0.05, 0.1) is 18.4 Å². The van der Waals surface area contributed by atoms with E-state index < -0.39 is 0 Å². The van der Waals surface area contributed by atoms with Crippen LogP contribution in [0.2, 0.25) is 0 Å². The minimum absolute atomic E-state index is 0.130. The molecule has 35 heavy (non-hydrogen) atoms. The number of hydrogen-bond acceptors (Lipinski definition) is 5. The van der Waals surface area contributed by atoms with E-state index >= 15 is 0 Å². The van der Waals surface area contributed by atoms with E-state index in [4.69, 9.17) is 0 Å². The first kappa shape index (κ1) is 23.0. The summed E-state index contributed by atoms with van der Waals surface area (Å²) in [4.78, 5) is 21.5. The molecule has 0 spiro atoms. The molecule has 1 fully saturated rings.